The van der Waals surface area contributed by atoms with Gasteiger partial charge in [-0.25, -0.2) is 14.4 Å². The molecule has 3 aromatic carbocycles. The van der Waals surface area contributed by atoms with Crippen LogP contribution >= 0.6 is 0 Å². The summed E-state index contributed by atoms with van der Waals surface area (Å²) in [5.74, 6) is -0.370. The molecule has 0 radical (unpaired) electrons. The molecule has 0 aliphatic heterocycles. The van der Waals surface area contributed by atoms with Crippen molar-refractivity contribution < 1.29 is 9.18 Å². The van der Waals surface area contributed by atoms with E-state index in [-0.39, 0.29) is 11.7 Å². The molecule has 1 aromatic heterocycles. The zero-order valence-corrected chi connectivity index (χ0v) is 20.8. The third-order valence-corrected chi connectivity index (χ3v) is 7.04. The van der Waals surface area contributed by atoms with Crippen molar-refractivity contribution in [3.8, 4) is 0 Å². The van der Waals surface area contributed by atoms with Crippen LogP contribution in [-0.4, -0.2) is 22.1 Å². The van der Waals surface area contributed by atoms with Crippen LogP contribution in [-0.2, 0) is 17.6 Å². The van der Waals surface area contributed by atoms with E-state index < -0.39 is 5.41 Å². The maximum Gasteiger partial charge on any atom is 0.235 e. The third-order valence-electron chi connectivity index (χ3n) is 7.04. The van der Waals surface area contributed by atoms with Gasteiger partial charge in [-0.1, -0.05) is 13.0 Å². The standard InChI is InChI=1S/C30H29FN4O/c1-4-21-15-26-27(14-20(21)3)33-18-34-28(26)16-22-5-8-25(13-19(22)2)35-29(36)30(11-12-30)17-32-24-9-6-23(31)7-10-24/h5-10,13-15,17-18H,4,11-12,16H2,1-3H3,(H,35,36)/b32-17+. The highest BCUT2D eigenvalue weighted by Gasteiger charge is 2.48. The predicted octanol–water partition coefficient (Wildman–Crippen LogP) is 6.66. The molecule has 1 fully saturated rings. The Bertz CT molecular complexity index is 1470. The fraction of sp³-hybridized carbons (Fsp3) is 0.267. The van der Waals surface area contributed by atoms with Gasteiger partial charge < -0.3 is 5.32 Å². The number of benzene rings is 3. The number of hydrogen-bond acceptors (Lipinski definition) is 4. The van der Waals surface area contributed by atoms with Gasteiger partial charge in [-0.2, -0.15) is 0 Å². The second-order valence-electron chi connectivity index (χ2n) is 9.63. The molecule has 0 bridgehead atoms. The highest BCUT2D eigenvalue weighted by Crippen LogP contribution is 2.45. The summed E-state index contributed by atoms with van der Waals surface area (Å²) in [5, 5.41) is 4.15. The molecule has 5 rings (SSSR count). The first-order chi connectivity index (χ1) is 17.4. The molecule has 0 saturated heterocycles. The number of aryl methyl sites for hydroxylation is 3. The number of aliphatic imine (C=N–C) groups is 1. The van der Waals surface area contributed by atoms with Gasteiger partial charge in [0.25, 0.3) is 0 Å². The van der Waals surface area contributed by atoms with Crippen LogP contribution in [0.2, 0.25) is 0 Å². The molecule has 1 N–H and O–H groups in total. The minimum Gasteiger partial charge on any atom is -0.325 e. The Kier molecular flexibility index (Phi) is 6.35. The molecule has 0 spiro atoms. The summed E-state index contributed by atoms with van der Waals surface area (Å²) in [4.78, 5) is 26.5. The van der Waals surface area contributed by atoms with Gasteiger partial charge in [0.1, 0.15) is 12.1 Å². The van der Waals surface area contributed by atoms with Gasteiger partial charge in [-0.15, -0.1) is 0 Å². The molecule has 1 heterocycles. The van der Waals surface area contributed by atoms with Gasteiger partial charge in [-0.05, 0) is 104 Å². The smallest absolute Gasteiger partial charge is 0.235 e. The van der Waals surface area contributed by atoms with Crippen LogP contribution in [0.4, 0.5) is 15.8 Å². The van der Waals surface area contributed by atoms with Crippen LogP contribution in [0.25, 0.3) is 10.9 Å². The monoisotopic (exact) mass is 480 g/mol. The summed E-state index contributed by atoms with van der Waals surface area (Å²) in [6, 6.07) is 16.3. The summed E-state index contributed by atoms with van der Waals surface area (Å²) >= 11 is 0. The van der Waals surface area contributed by atoms with Crippen molar-refractivity contribution in [1.82, 2.24) is 9.97 Å². The van der Waals surface area contributed by atoms with E-state index >= 15 is 0 Å². The van der Waals surface area contributed by atoms with Gasteiger partial charge >= 0.3 is 0 Å². The fourth-order valence-corrected chi connectivity index (χ4v) is 4.51. The molecule has 36 heavy (non-hydrogen) atoms. The molecule has 0 unspecified atom stereocenters. The zero-order chi connectivity index (χ0) is 25.3. The minimum atomic E-state index is -0.601. The minimum absolute atomic E-state index is 0.0650. The largest absolute Gasteiger partial charge is 0.325 e. The maximum absolute atomic E-state index is 13.1. The lowest BCUT2D eigenvalue weighted by Crippen LogP contribution is -2.25. The van der Waals surface area contributed by atoms with E-state index in [1.54, 1.807) is 24.7 Å². The van der Waals surface area contributed by atoms with Crippen molar-refractivity contribution >= 4 is 34.4 Å². The van der Waals surface area contributed by atoms with E-state index in [9.17, 15) is 9.18 Å². The molecular formula is C30H29FN4O. The number of nitrogens with one attached hydrogen (secondary N) is 1. The average Bonchev–Trinajstić information content (AvgIpc) is 3.66. The van der Waals surface area contributed by atoms with Gasteiger partial charge in [0, 0.05) is 23.7 Å². The Balaban J connectivity index is 1.31. The number of amides is 1. The van der Waals surface area contributed by atoms with Crippen LogP contribution in [0.1, 0.15) is 47.7 Å². The molecular weight excluding hydrogens is 451 g/mol. The molecule has 1 aliphatic rings. The number of anilines is 1. The van der Waals surface area contributed by atoms with E-state index in [1.165, 1.54) is 23.3 Å². The van der Waals surface area contributed by atoms with Crippen molar-refractivity contribution in [3.63, 3.8) is 0 Å². The number of nitrogens with zero attached hydrogens (tertiary/aromatic N) is 3. The quantitative estimate of drug-likeness (QED) is 0.301. The highest BCUT2D eigenvalue weighted by molar-refractivity contribution is 6.08. The number of carbonyl (C=O) groups excluding carboxylic acids is 1. The first-order valence-electron chi connectivity index (χ1n) is 12.3. The first-order valence-corrected chi connectivity index (χ1v) is 12.3. The van der Waals surface area contributed by atoms with E-state index in [0.29, 0.717) is 12.1 Å². The summed E-state index contributed by atoms with van der Waals surface area (Å²) in [7, 11) is 0. The SMILES string of the molecule is CCc1cc2c(Cc3ccc(NC(=O)C4(/C=N/c5ccc(F)cc5)CC4)cc3C)ncnc2cc1C. The van der Waals surface area contributed by atoms with Gasteiger partial charge in [0.05, 0.1) is 22.3 Å². The fourth-order valence-electron chi connectivity index (χ4n) is 4.51. The molecule has 5 nitrogen and oxygen atoms in total. The van der Waals surface area contributed by atoms with E-state index in [0.717, 1.165) is 52.7 Å². The molecule has 1 amide bonds. The van der Waals surface area contributed by atoms with Crippen molar-refractivity contribution in [3.05, 3.63) is 94.7 Å². The summed E-state index contributed by atoms with van der Waals surface area (Å²) in [5.41, 5.74) is 7.57. The Labute approximate surface area is 210 Å². The maximum atomic E-state index is 13.1. The lowest BCUT2D eigenvalue weighted by atomic mass is 9.97. The second kappa shape index (κ2) is 9.61. The molecule has 182 valence electrons. The molecule has 0 atom stereocenters. The van der Waals surface area contributed by atoms with E-state index in [1.807, 2.05) is 12.1 Å². The third kappa shape index (κ3) is 4.89. The van der Waals surface area contributed by atoms with Crippen molar-refractivity contribution in [1.29, 1.82) is 0 Å². The lowest BCUT2D eigenvalue weighted by molar-refractivity contribution is -0.118. The molecule has 1 saturated carbocycles. The topological polar surface area (TPSA) is 67.2 Å². The Morgan fingerprint density at radius 2 is 1.78 bits per heavy atom. The Morgan fingerprint density at radius 3 is 2.47 bits per heavy atom. The number of rotatable bonds is 7. The summed E-state index contributed by atoms with van der Waals surface area (Å²) in [6.07, 6.45) is 6.50. The number of aromatic nitrogens is 2. The molecule has 6 heteroatoms. The first kappa shape index (κ1) is 23.8. The van der Waals surface area contributed by atoms with Crippen LogP contribution in [0.15, 0.2) is 65.9 Å². The normalized spacial score (nSPS) is 14.3. The van der Waals surface area contributed by atoms with E-state index in [4.69, 9.17) is 0 Å². The van der Waals surface area contributed by atoms with Crippen LogP contribution < -0.4 is 5.32 Å². The zero-order valence-electron chi connectivity index (χ0n) is 20.8. The van der Waals surface area contributed by atoms with Crippen LogP contribution in [0.5, 0.6) is 0 Å². The van der Waals surface area contributed by atoms with Crippen molar-refractivity contribution in [2.75, 3.05) is 5.32 Å². The molecule has 1 aliphatic carbocycles. The van der Waals surface area contributed by atoms with Crippen molar-refractivity contribution in [2.24, 2.45) is 10.4 Å². The van der Waals surface area contributed by atoms with Gasteiger partial charge in [-0.3, -0.25) is 9.79 Å². The molecule has 4 aromatic rings. The number of hydrogen-bond donors (Lipinski definition) is 1. The highest BCUT2D eigenvalue weighted by atomic mass is 19.1. The average molecular weight is 481 g/mol. The number of fused-ring (bicyclic) bond motifs is 1. The summed E-state index contributed by atoms with van der Waals surface area (Å²) < 4.78 is 13.1. The predicted molar refractivity (Wildman–Crippen MR) is 142 cm³/mol. The van der Waals surface area contributed by atoms with Crippen LogP contribution in [0, 0.1) is 25.1 Å². The lowest BCUT2D eigenvalue weighted by Gasteiger charge is -2.14. The number of halogens is 1. The van der Waals surface area contributed by atoms with Gasteiger partial charge in [0.2, 0.25) is 5.91 Å². The second-order valence-corrected chi connectivity index (χ2v) is 9.63. The Hall–Kier alpha value is -3.93. The van der Waals surface area contributed by atoms with E-state index in [2.05, 4.69) is 59.2 Å². The van der Waals surface area contributed by atoms with Crippen LogP contribution in [0.3, 0.4) is 0 Å². The summed E-state index contributed by atoms with van der Waals surface area (Å²) in [6.45, 7) is 6.34. The van der Waals surface area contributed by atoms with Crippen molar-refractivity contribution in [2.45, 2.75) is 46.5 Å². The number of carbonyl (C=O) groups is 1. The van der Waals surface area contributed by atoms with Gasteiger partial charge in [0.15, 0.2) is 0 Å². The Morgan fingerprint density at radius 1 is 1.03 bits per heavy atom.